The Bertz CT molecular complexity index is 690. The van der Waals surface area contributed by atoms with E-state index >= 15 is 0 Å². The van der Waals surface area contributed by atoms with E-state index in [1.807, 2.05) is 13.8 Å². The summed E-state index contributed by atoms with van der Waals surface area (Å²) in [6.45, 7) is 6.42. The van der Waals surface area contributed by atoms with Crippen molar-refractivity contribution in [2.24, 2.45) is 10.9 Å². The van der Waals surface area contributed by atoms with Crippen LogP contribution in [0.4, 0.5) is 4.39 Å². The average Bonchev–Trinajstić information content (AvgIpc) is 3.40. The molecule has 2 atom stereocenters. The maximum Gasteiger partial charge on any atom is 0.309 e. The number of hydrogen-bond donors (Lipinski definition) is 1. The zero-order valence-corrected chi connectivity index (χ0v) is 19.4. The third-order valence-electron chi connectivity index (χ3n) is 5.20. The number of nitrogens with one attached hydrogen (secondary N) is 1. The van der Waals surface area contributed by atoms with Gasteiger partial charge in [-0.2, -0.15) is 0 Å². The molecule has 156 valence electrons. The predicted octanol–water partition coefficient (Wildman–Crippen LogP) is 4.19. The van der Waals surface area contributed by atoms with Gasteiger partial charge in [-0.15, -0.1) is 24.0 Å². The number of aliphatic imine (C=N–C) groups is 1. The van der Waals surface area contributed by atoms with Crippen LogP contribution in [-0.2, 0) is 9.53 Å². The van der Waals surface area contributed by atoms with Crippen LogP contribution in [0.3, 0.4) is 0 Å². The minimum atomic E-state index is -0.249. The fraction of sp³-hybridized carbons (Fsp3) is 0.600. The molecule has 8 heteroatoms. The van der Waals surface area contributed by atoms with Gasteiger partial charge in [-0.1, -0.05) is 17.7 Å². The lowest BCUT2D eigenvalue weighted by Gasteiger charge is -2.33. The summed E-state index contributed by atoms with van der Waals surface area (Å²) < 4.78 is 19.3. The first-order valence-corrected chi connectivity index (χ1v) is 10.1. The van der Waals surface area contributed by atoms with Crippen LogP contribution >= 0.6 is 35.6 Å². The highest BCUT2D eigenvalue weighted by atomic mass is 127. The minimum Gasteiger partial charge on any atom is -0.466 e. The first-order chi connectivity index (χ1) is 13.0. The van der Waals surface area contributed by atoms with E-state index in [1.165, 1.54) is 6.07 Å². The van der Waals surface area contributed by atoms with Crippen molar-refractivity contribution in [1.82, 2.24) is 10.2 Å². The number of guanidine groups is 1. The van der Waals surface area contributed by atoms with E-state index in [0.29, 0.717) is 23.7 Å². The maximum absolute atomic E-state index is 14.1. The fourth-order valence-electron chi connectivity index (χ4n) is 3.68. The van der Waals surface area contributed by atoms with Gasteiger partial charge in [0.25, 0.3) is 0 Å². The van der Waals surface area contributed by atoms with Crippen molar-refractivity contribution in [3.63, 3.8) is 0 Å². The number of piperidine rings is 1. The van der Waals surface area contributed by atoms with Gasteiger partial charge < -0.3 is 15.0 Å². The molecule has 2 aliphatic rings. The topological polar surface area (TPSA) is 53.9 Å². The molecule has 0 bridgehead atoms. The second-order valence-electron chi connectivity index (χ2n) is 7.04. The number of nitrogens with zero attached hydrogens (tertiary/aromatic N) is 2. The van der Waals surface area contributed by atoms with Crippen molar-refractivity contribution in [3.8, 4) is 0 Å². The second-order valence-corrected chi connectivity index (χ2v) is 7.45. The highest BCUT2D eigenvalue weighted by molar-refractivity contribution is 14.0. The number of rotatable bonds is 5. The number of carbonyl (C=O) groups excluding carboxylic acids is 1. The summed E-state index contributed by atoms with van der Waals surface area (Å²) >= 11 is 6.20. The summed E-state index contributed by atoms with van der Waals surface area (Å²) in [7, 11) is 0. The Morgan fingerprint density at radius 2 is 2.07 bits per heavy atom. The van der Waals surface area contributed by atoms with Crippen molar-refractivity contribution >= 4 is 47.5 Å². The minimum absolute atomic E-state index is 0. The smallest absolute Gasteiger partial charge is 0.309 e. The molecule has 2 unspecified atom stereocenters. The summed E-state index contributed by atoms with van der Waals surface area (Å²) in [5, 5.41) is 3.95. The lowest BCUT2D eigenvalue weighted by molar-refractivity contribution is -0.149. The van der Waals surface area contributed by atoms with Crippen LogP contribution in [0.1, 0.15) is 44.6 Å². The Morgan fingerprint density at radius 3 is 2.68 bits per heavy atom. The molecule has 0 spiro atoms. The number of esters is 1. The molecular formula is C20H28ClFIN3O2. The van der Waals surface area contributed by atoms with Crippen molar-refractivity contribution < 1.29 is 13.9 Å². The number of hydrogen-bond acceptors (Lipinski definition) is 3. The molecule has 1 aromatic rings. The van der Waals surface area contributed by atoms with E-state index in [1.54, 1.807) is 12.1 Å². The van der Waals surface area contributed by atoms with Gasteiger partial charge in [-0.05, 0) is 45.2 Å². The van der Waals surface area contributed by atoms with Crippen molar-refractivity contribution in [2.45, 2.75) is 45.1 Å². The maximum atomic E-state index is 14.1. The van der Waals surface area contributed by atoms with Crippen LogP contribution in [0.25, 0.3) is 0 Å². The summed E-state index contributed by atoms with van der Waals surface area (Å²) in [5.41, 5.74) is 0.591. The molecule has 1 saturated carbocycles. The Morgan fingerprint density at radius 1 is 1.36 bits per heavy atom. The van der Waals surface area contributed by atoms with Crippen LogP contribution in [0.5, 0.6) is 0 Å². The fourth-order valence-corrected chi connectivity index (χ4v) is 3.98. The lowest BCUT2D eigenvalue weighted by atomic mass is 9.97. The first kappa shape index (κ1) is 23.2. The normalized spacial score (nSPS) is 22.4. The van der Waals surface area contributed by atoms with E-state index in [0.717, 1.165) is 38.3 Å². The highest BCUT2D eigenvalue weighted by Crippen LogP contribution is 2.45. The molecule has 0 radical (unpaired) electrons. The van der Waals surface area contributed by atoms with E-state index in [2.05, 4.69) is 15.2 Å². The number of carbonyl (C=O) groups is 1. The summed E-state index contributed by atoms with van der Waals surface area (Å²) in [6, 6.07) is 4.95. The standard InChI is InChI=1S/C20H27ClFN3O2.HI/c1-3-23-20(25-10-8-13(9-11-25)19(26)27-4-2)24-17-12-14(17)18-15(21)6-5-7-16(18)22;/h5-7,13-14,17H,3-4,8-12H2,1-2H3,(H,23,24);1H. The second kappa shape index (κ2) is 10.6. The molecule has 3 rings (SSSR count). The lowest BCUT2D eigenvalue weighted by Crippen LogP contribution is -2.47. The van der Waals surface area contributed by atoms with Crippen molar-refractivity contribution in [2.75, 3.05) is 26.2 Å². The van der Waals surface area contributed by atoms with Crippen LogP contribution in [0.15, 0.2) is 23.2 Å². The molecule has 1 heterocycles. The largest absolute Gasteiger partial charge is 0.466 e. The highest BCUT2D eigenvalue weighted by Gasteiger charge is 2.42. The van der Waals surface area contributed by atoms with Gasteiger partial charge >= 0.3 is 5.97 Å². The van der Waals surface area contributed by atoms with Gasteiger partial charge in [0.05, 0.1) is 12.5 Å². The van der Waals surface area contributed by atoms with Gasteiger partial charge in [-0.3, -0.25) is 9.79 Å². The Hall–Kier alpha value is -1.09. The number of benzene rings is 1. The summed E-state index contributed by atoms with van der Waals surface area (Å²) in [4.78, 5) is 18.7. The van der Waals surface area contributed by atoms with Crippen molar-refractivity contribution in [3.05, 3.63) is 34.6 Å². The average molecular weight is 524 g/mol. The number of likely N-dealkylation sites (tertiary alicyclic amines) is 1. The molecule has 2 fully saturated rings. The Kier molecular flexibility index (Phi) is 8.80. The van der Waals surface area contributed by atoms with Crippen LogP contribution in [0, 0.1) is 11.7 Å². The zero-order valence-electron chi connectivity index (χ0n) is 16.3. The van der Waals surface area contributed by atoms with Crippen molar-refractivity contribution in [1.29, 1.82) is 0 Å². The summed E-state index contributed by atoms with van der Waals surface area (Å²) in [5.74, 6) is 0.518. The van der Waals surface area contributed by atoms with Gasteiger partial charge in [0.1, 0.15) is 5.82 Å². The van der Waals surface area contributed by atoms with Gasteiger partial charge in [0.2, 0.25) is 0 Å². The van der Waals surface area contributed by atoms with E-state index in [9.17, 15) is 9.18 Å². The monoisotopic (exact) mass is 523 g/mol. The SMILES string of the molecule is CCN=C(NC1CC1c1c(F)cccc1Cl)N1CCC(C(=O)OCC)CC1.I. The molecule has 1 aliphatic carbocycles. The molecule has 28 heavy (non-hydrogen) atoms. The predicted molar refractivity (Wildman–Crippen MR) is 120 cm³/mol. The molecule has 0 amide bonds. The summed E-state index contributed by atoms with van der Waals surface area (Å²) in [6.07, 6.45) is 2.36. The van der Waals surface area contributed by atoms with Gasteiger partial charge in [0, 0.05) is 42.2 Å². The number of halogens is 3. The Labute approximate surface area is 188 Å². The van der Waals surface area contributed by atoms with Crippen LogP contribution < -0.4 is 5.32 Å². The molecule has 1 aromatic carbocycles. The molecule has 1 aliphatic heterocycles. The van der Waals surface area contributed by atoms with E-state index in [4.69, 9.17) is 16.3 Å². The third kappa shape index (κ3) is 5.49. The van der Waals surface area contributed by atoms with E-state index < -0.39 is 0 Å². The molecular weight excluding hydrogens is 496 g/mol. The third-order valence-corrected chi connectivity index (χ3v) is 5.53. The van der Waals surface area contributed by atoms with Gasteiger partial charge in [0.15, 0.2) is 5.96 Å². The van der Waals surface area contributed by atoms with Crippen LogP contribution in [0.2, 0.25) is 5.02 Å². The molecule has 5 nitrogen and oxygen atoms in total. The van der Waals surface area contributed by atoms with Crippen LogP contribution in [-0.4, -0.2) is 49.1 Å². The van der Waals surface area contributed by atoms with E-state index in [-0.39, 0.29) is 53.6 Å². The zero-order chi connectivity index (χ0) is 19.4. The first-order valence-electron chi connectivity index (χ1n) is 9.71. The quantitative estimate of drug-likeness (QED) is 0.272. The molecule has 0 aromatic heterocycles. The Balaban J connectivity index is 0.00000280. The number of ether oxygens (including phenoxy) is 1. The molecule has 1 saturated heterocycles. The molecule has 1 N–H and O–H groups in total. The van der Waals surface area contributed by atoms with Gasteiger partial charge in [-0.25, -0.2) is 4.39 Å².